The summed E-state index contributed by atoms with van der Waals surface area (Å²) in [5.41, 5.74) is 2.93. The molecule has 1 N–H and O–H groups in total. The molecule has 0 atom stereocenters. The van der Waals surface area contributed by atoms with Gasteiger partial charge in [0.1, 0.15) is 5.75 Å². The maximum atomic E-state index is 13.0. The summed E-state index contributed by atoms with van der Waals surface area (Å²) in [6.45, 7) is 0.205. The maximum Gasteiger partial charge on any atom is 0.339 e. The van der Waals surface area contributed by atoms with Gasteiger partial charge in [-0.1, -0.05) is 54.6 Å². The summed E-state index contributed by atoms with van der Waals surface area (Å²) < 4.78 is 10.8. The van der Waals surface area contributed by atoms with E-state index in [9.17, 15) is 14.4 Å². The van der Waals surface area contributed by atoms with Crippen LogP contribution in [0.1, 0.15) is 24.0 Å². The Hall–Kier alpha value is -4.39. The summed E-state index contributed by atoms with van der Waals surface area (Å²) in [7, 11) is 1.56. The van der Waals surface area contributed by atoms with Crippen molar-refractivity contribution in [3.63, 3.8) is 0 Å². The van der Waals surface area contributed by atoms with Gasteiger partial charge in [-0.25, -0.2) is 4.79 Å². The molecule has 0 radical (unpaired) electrons. The van der Waals surface area contributed by atoms with Crippen molar-refractivity contribution in [2.75, 3.05) is 30.5 Å². The lowest BCUT2D eigenvalue weighted by Crippen LogP contribution is -2.24. The van der Waals surface area contributed by atoms with E-state index in [0.717, 1.165) is 12.1 Å². The number of hydrogen-bond acceptors (Lipinski definition) is 5. The largest absolute Gasteiger partial charge is 0.496 e. The fraction of sp³-hybridized carbons (Fsp3) is 0.179. The van der Waals surface area contributed by atoms with E-state index in [0.29, 0.717) is 41.1 Å². The second-order valence-electron chi connectivity index (χ2n) is 7.99. The van der Waals surface area contributed by atoms with Crippen LogP contribution >= 0.6 is 0 Å². The molecular weight excluding hydrogens is 444 g/mol. The van der Waals surface area contributed by atoms with Crippen molar-refractivity contribution in [3.8, 4) is 5.75 Å². The van der Waals surface area contributed by atoms with E-state index in [2.05, 4.69) is 5.32 Å². The zero-order chi connectivity index (χ0) is 24.6. The van der Waals surface area contributed by atoms with Gasteiger partial charge in [-0.2, -0.15) is 0 Å². The van der Waals surface area contributed by atoms with E-state index in [1.807, 2.05) is 42.5 Å². The van der Waals surface area contributed by atoms with E-state index in [1.54, 1.807) is 54.5 Å². The third-order valence-electron chi connectivity index (χ3n) is 5.59. The summed E-state index contributed by atoms with van der Waals surface area (Å²) >= 11 is 0. The molecule has 7 nitrogen and oxygen atoms in total. The highest BCUT2D eigenvalue weighted by Crippen LogP contribution is 2.26. The van der Waals surface area contributed by atoms with Crippen LogP contribution in [0.25, 0.3) is 11.6 Å². The summed E-state index contributed by atoms with van der Waals surface area (Å²) in [6.07, 6.45) is 3.03. The molecule has 1 aliphatic rings. The molecule has 0 saturated carbocycles. The summed E-state index contributed by atoms with van der Waals surface area (Å²) in [6, 6.07) is 23.5. The highest BCUT2D eigenvalue weighted by Gasteiger charge is 2.22. The van der Waals surface area contributed by atoms with Crippen molar-refractivity contribution in [2.24, 2.45) is 0 Å². The number of nitrogens with zero attached hydrogens (tertiary/aromatic N) is 1. The van der Waals surface area contributed by atoms with E-state index in [-0.39, 0.29) is 5.91 Å². The van der Waals surface area contributed by atoms with Crippen LogP contribution in [0.3, 0.4) is 0 Å². The minimum atomic E-state index is -0.631. The molecule has 0 spiro atoms. The fourth-order valence-electron chi connectivity index (χ4n) is 3.90. The van der Waals surface area contributed by atoms with Crippen LogP contribution < -0.4 is 15.0 Å². The van der Waals surface area contributed by atoms with Crippen LogP contribution in [0, 0.1) is 0 Å². The van der Waals surface area contributed by atoms with Crippen molar-refractivity contribution in [1.82, 2.24) is 0 Å². The Bertz CT molecular complexity index is 1250. The Morgan fingerprint density at radius 2 is 1.77 bits per heavy atom. The molecule has 0 aliphatic carbocycles. The topological polar surface area (TPSA) is 84.9 Å². The molecule has 3 aromatic rings. The number of carbonyl (C=O) groups is 3. The second-order valence-corrected chi connectivity index (χ2v) is 7.99. The zero-order valence-electron chi connectivity index (χ0n) is 19.4. The van der Waals surface area contributed by atoms with Gasteiger partial charge in [-0.05, 0) is 42.3 Å². The third-order valence-corrected chi connectivity index (χ3v) is 5.59. The number of ether oxygens (including phenoxy) is 2. The predicted molar refractivity (Wildman–Crippen MR) is 135 cm³/mol. The first-order valence-electron chi connectivity index (χ1n) is 11.3. The first kappa shape index (κ1) is 23.8. The highest BCUT2D eigenvalue weighted by molar-refractivity contribution is 6.22. The lowest BCUT2D eigenvalue weighted by atomic mass is 10.0. The zero-order valence-corrected chi connectivity index (χ0v) is 19.4. The van der Waals surface area contributed by atoms with Gasteiger partial charge in [0.2, 0.25) is 5.91 Å². The molecule has 1 aliphatic heterocycles. The van der Waals surface area contributed by atoms with Gasteiger partial charge in [-0.15, -0.1) is 0 Å². The fourth-order valence-corrected chi connectivity index (χ4v) is 3.90. The SMILES string of the molecule is COc1ccccc1/C=C(/C(=O)OCC(=O)Nc1cccc(N2CCCC2=O)c1)c1ccccc1. The third kappa shape index (κ3) is 5.95. The molecule has 4 rings (SSSR count). The molecule has 1 heterocycles. The lowest BCUT2D eigenvalue weighted by molar-refractivity contribution is -0.141. The average molecular weight is 471 g/mol. The van der Waals surface area contributed by atoms with Gasteiger partial charge in [0.25, 0.3) is 5.91 Å². The molecule has 7 heteroatoms. The number of benzene rings is 3. The molecule has 0 unspecified atom stereocenters. The van der Waals surface area contributed by atoms with E-state index >= 15 is 0 Å². The Morgan fingerprint density at radius 1 is 1.00 bits per heavy atom. The maximum absolute atomic E-state index is 13.0. The number of methoxy groups -OCH3 is 1. The van der Waals surface area contributed by atoms with Crippen molar-refractivity contribution >= 4 is 40.8 Å². The molecule has 0 aromatic heterocycles. The van der Waals surface area contributed by atoms with Crippen molar-refractivity contribution in [2.45, 2.75) is 12.8 Å². The molecule has 3 aromatic carbocycles. The smallest absolute Gasteiger partial charge is 0.339 e. The second kappa shape index (κ2) is 11.2. The number of nitrogens with one attached hydrogen (secondary N) is 1. The van der Waals surface area contributed by atoms with Crippen LogP contribution in [0.15, 0.2) is 78.9 Å². The number of amides is 2. The lowest BCUT2D eigenvalue weighted by Gasteiger charge is -2.17. The van der Waals surface area contributed by atoms with Gasteiger partial charge >= 0.3 is 5.97 Å². The number of carbonyl (C=O) groups excluding carboxylic acids is 3. The quantitative estimate of drug-likeness (QED) is 0.297. The van der Waals surface area contributed by atoms with E-state index in [4.69, 9.17) is 9.47 Å². The molecular formula is C28H26N2O5. The molecule has 2 amide bonds. The van der Waals surface area contributed by atoms with E-state index < -0.39 is 18.5 Å². The number of rotatable bonds is 8. The van der Waals surface area contributed by atoms with Crippen molar-refractivity contribution < 1.29 is 23.9 Å². The Balaban J connectivity index is 1.46. The van der Waals surface area contributed by atoms with Crippen molar-refractivity contribution in [1.29, 1.82) is 0 Å². The van der Waals surface area contributed by atoms with Gasteiger partial charge < -0.3 is 19.7 Å². The standard InChI is InChI=1S/C28H26N2O5/c1-34-25-14-6-5-11-21(25)17-24(20-9-3-2-4-10-20)28(33)35-19-26(31)29-22-12-7-13-23(18-22)30-16-8-15-27(30)32/h2-7,9-14,17-18H,8,15-16,19H2,1H3,(H,29,31)/b24-17+. The van der Waals surface area contributed by atoms with Gasteiger partial charge in [-0.3, -0.25) is 9.59 Å². The summed E-state index contributed by atoms with van der Waals surface area (Å²) in [5, 5.41) is 2.73. The summed E-state index contributed by atoms with van der Waals surface area (Å²) in [5.74, 6) is -0.429. The van der Waals surface area contributed by atoms with Gasteiger partial charge in [0.15, 0.2) is 6.61 Å². The number of esters is 1. The van der Waals surface area contributed by atoms with E-state index in [1.165, 1.54) is 0 Å². The molecule has 1 fully saturated rings. The van der Waals surface area contributed by atoms with Crippen LogP contribution in [0.4, 0.5) is 11.4 Å². The molecule has 35 heavy (non-hydrogen) atoms. The first-order valence-corrected chi connectivity index (χ1v) is 11.3. The molecule has 1 saturated heterocycles. The minimum Gasteiger partial charge on any atom is -0.496 e. The monoisotopic (exact) mass is 470 g/mol. The Kier molecular flexibility index (Phi) is 7.57. The minimum absolute atomic E-state index is 0.0673. The Morgan fingerprint density at radius 3 is 2.51 bits per heavy atom. The van der Waals surface area contributed by atoms with Crippen molar-refractivity contribution in [3.05, 3.63) is 90.0 Å². The van der Waals surface area contributed by atoms with Crippen LogP contribution in [-0.2, 0) is 19.1 Å². The van der Waals surface area contributed by atoms with Gasteiger partial charge in [0, 0.05) is 29.9 Å². The molecule has 0 bridgehead atoms. The van der Waals surface area contributed by atoms with Crippen LogP contribution in [0.5, 0.6) is 5.75 Å². The first-order chi connectivity index (χ1) is 17.0. The van der Waals surface area contributed by atoms with Crippen LogP contribution in [0.2, 0.25) is 0 Å². The average Bonchev–Trinajstić information content (AvgIpc) is 3.32. The number of para-hydroxylation sites is 1. The molecule has 178 valence electrons. The predicted octanol–water partition coefficient (Wildman–Crippen LogP) is 4.54. The number of hydrogen-bond donors (Lipinski definition) is 1. The normalized spacial score (nSPS) is 13.5. The van der Waals surface area contributed by atoms with Gasteiger partial charge in [0.05, 0.1) is 12.7 Å². The summed E-state index contributed by atoms with van der Waals surface area (Å²) in [4.78, 5) is 39.2. The highest BCUT2D eigenvalue weighted by atomic mass is 16.5. The number of anilines is 2. The Labute approximate surface area is 204 Å². The van der Waals surface area contributed by atoms with Crippen LogP contribution in [-0.4, -0.2) is 38.0 Å².